The first kappa shape index (κ1) is 27.7. The number of sulfonamides is 1. The normalized spacial score (nSPS) is 14.9. The number of hydrogen-bond acceptors (Lipinski definition) is 6. The van der Waals surface area contributed by atoms with Crippen molar-refractivity contribution >= 4 is 50.5 Å². The van der Waals surface area contributed by atoms with Crippen LogP contribution in [0.15, 0.2) is 58.1 Å². The van der Waals surface area contributed by atoms with Crippen LogP contribution in [0.2, 0.25) is 10.0 Å². The molecular formula is C26H28Cl2N2O5S2. The second-order valence-electron chi connectivity index (χ2n) is 8.69. The standard InChI is InChI=1S/C26H28Cl2N2O5S2/c1-34-23-7-5-20(15-24(23)35-13-10-19-4-6-21(27)16-22(19)28)26(31)29-17-18-8-11-30(12-9-18)37(32,33)25-3-2-14-36-25/h2-7,14-16,18H,8-13,17H2,1H3,(H,29,31). The van der Waals surface area contributed by atoms with Crippen LogP contribution in [0.25, 0.3) is 0 Å². The van der Waals surface area contributed by atoms with Gasteiger partial charge < -0.3 is 14.8 Å². The maximum Gasteiger partial charge on any atom is 0.252 e. The van der Waals surface area contributed by atoms with E-state index in [0.29, 0.717) is 76.8 Å². The number of nitrogens with zero attached hydrogens (tertiary/aromatic N) is 1. The third-order valence-corrected chi connectivity index (χ3v) is 10.1. The van der Waals surface area contributed by atoms with Gasteiger partial charge in [-0.3, -0.25) is 4.79 Å². The fourth-order valence-electron chi connectivity index (χ4n) is 4.16. The smallest absolute Gasteiger partial charge is 0.252 e. The van der Waals surface area contributed by atoms with Crippen LogP contribution in [-0.2, 0) is 16.4 Å². The average Bonchev–Trinajstić information content (AvgIpc) is 3.45. The van der Waals surface area contributed by atoms with Crippen LogP contribution in [-0.4, -0.2) is 52.0 Å². The summed E-state index contributed by atoms with van der Waals surface area (Å²) >= 11 is 13.4. The lowest BCUT2D eigenvalue weighted by molar-refractivity contribution is 0.0941. The summed E-state index contributed by atoms with van der Waals surface area (Å²) in [5.41, 5.74) is 1.37. The fourth-order valence-corrected chi connectivity index (χ4v) is 7.27. The highest BCUT2D eigenvalue weighted by molar-refractivity contribution is 7.91. The molecular weight excluding hydrogens is 555 g/mol. The minimum atomic E-state index is -3.43. The minimum absolute atomic E-state index is 0.205. The highest BCUT2D eigenvalue weighted by atomic mass is 35.5. The number of carbonyl (C=O) groups is 1. The van der Waals surface area contributed by atoms with Crippen molar-refractivity contribution < 1.29 is 22.7 Å². The molecule has 1 saturated heterocycles. The summed E-state index contributed by atoms with van der Waals surface area (Å²) in [6, 6.07) is 13.7. The topological polar surface area (TPSA) is 84.9 Å². The predicted octanol–water partition coefficient (Wildman–Crippen LogP) is 5.52. The molecule has 37 heavy (non-hydrogen) atoms. The van der Waals surface area contributed by atoms with E-state index in [9.17, 15) is 13.2 Å². The Hall–Kier alpha value is -2.30. The Bertz CT molecular complexity index is 1320. The molecule has 0 aliphatic carbocycles. The predicted molar refractivity (Wildman–Crippen MR) is 147 cm³/mol. The molecule has 0 saturated carbocycles. The lowest BCUT2D eigenvalue weighted by Crippen LogP contribution is -2.41. The molecule has 1 aliphatic rings. The number of benzene rings is 2. The molecule has 1 fully saturated rings. The summed E-state index contributed by atoms with van der Waals surface area (Å²) in [7, 11) is -1.89. The fraction of sp³-hybridized carbons (Fsp3) is 0.346. The Labute approximate surface area is 231 Å². The number of thiophene rings is 1. The van der Waals surface area contributed by atoms with Crippen LogP contribution in [0.5, 0.6) is 11.5 Å². The molecule has 1 N–H and O–H groups in total. The van der Waals surface area contributed by atoms with E-state index in [4.69, 9.17) is 32.7 Å². The molecule has 11 heteroatoms. The largest absolute Gasteiger partial charge is 0.493 e. The van der Waals surface area contributed by atoms with Gasteiger partial charge in [-0.25, -0.2) is 8.42 Å². The summed E-state index contributed by atoms with van der Waals surface area (Å²) in [5.74, 6) is 0.976. The molecule has 0 radical (unpaired) electrons. The van der Waals surface area contributed by atoms with Gasteiger partial charge in [-0.2, -0.15) is 4.31 Å². The lowest BCUT2D eigenvalue weighted by Gasteiger charge is -2.30. The number of hydrogen-bond donors (Lipinski definition) is 1. The molecule has 7 nitrogen and oxygen atoms in total. The van der Waals surface area contributed by atoms with E-state index < -0.39 is 10.0 Å². The molecule has 2 heterocycles. The molecule has 1 amide bonds. The number of rotatable bonds is 10. The molecule has 3 aromatic rings. The summed E-state index contributed by atoms with van der Waals surface area (Å²) in [6.45, 7) is 1.70. The third-order valence-electron chi connectivity index (χ3n) is 6.28. The van der Waals surface area contributed by atoms with Crippen molar-refractivity contribution in [1.29, 1.82) is 0 Å². The first-order valence-corrected chi connectivity index (χ1v) is 14.9. The van der Waals surface area contributed by atoms with Crippen molar-refractivity contribution in [2.24, 2.45) is 5.92 Å². The summed E-state index contributed by atoms with van der Waals surface area (Å²) < 4.78 is 38.6. The summed E-state index contributed by atoms with van der Waals surface area (Å²) in [5, 5.41) is 5.89. The third kappa shape index (κ3) is 6.97. The monoisotopic (exact) mass is 582 g/mol. The van der Waals surface area contributed by atoms with Gasteiger partial charge in [-0.1, -0.05) is 35.3 Å². The maximum absolute atomic E-state index is 12.8. The van der Waals surface area contributed by atoms with Crippen LogP contribution in [0.1, 0.15) is 28.8 Å². The number of ether oxygens (including phenoxy) is 2. The number of nitrogens with one attached hydrogen (secondary N) is 1. The molecule has 0 spiro atoms. The van der Waals surface area contributed by atoms with Crippen molar-refractivity contribution in [3.63, 3.8) is 0 Å². The van der Waals surface area contributed by atoms with E-state index >= 15 is 0 Å². The molecule has 4 rings (SSSR count). The highest BCUT2D eigenvalue weighted by Crippen LogP contribution is 2.30. The lowest BCUT2D eigenvalue weighted by atomic mass is 9.98. The van der Waals surface area contributed by atoms with E-state index in [-0.39, 0.29) is 11.8 Å². The van der Waals surface area contributed by atoms with E-state index in [0.717, 1.165) is 5.56 Å². The van der Waals surface area contributed by atoms with Gasteiger partial charge in [0.25, 0.3) is 15.9 Å². The quantitative estimate of drug-likeness (QED) is 0.340. The van der Waals surface area contributed by atoms with E-state index in [2.05, 4.69) is 5.32 Å². The zero-order valence-electron chi connectivity index (χ0n) is 20.3. The van der Waals surface area contributed by atoms with Crippen LogP contribution < -0.4 is 14.8 Å². The Morgan fingerprint density at radius 2 is 1.89 bits per heavy atom. The molecule has 0 bridgehead atoms. The number of amides is 1. The first-order chi connectivity index (χ1) is 17.8. The molecule has 1 aliphatic heterocycles. The van der Waals surface area contributed by atoms with Gasteiger partial charge >= 0.3 is 0 Å². The van der Waals surface area contributed by atoms with Gasteiger partial charge in [0.15, 0.2) is 11.5 Å². The van der Waals surface area contributed by atoms with Gasteiger partial charge in [0, 0.05) is 41.7 Å². The zero-order valence-corrected chi connectivity index (χ0v) is 23.4. The molecule has 1 aromatic heterocycles. The number of carbonyl (C=O) groups excluding carboxylic acids is 1. The van der Waals surface area contributed by atoms with Crippen molar-refractivity contribution in [2.75, 3.05) is 33.4 Å². The first-order valence-electron chi connectivity index (χ1n) is 11.8. The second kappa shape index (κ2) is 12.5. The maximum atomic E-state index is 12.8. The van der Waals surface area contributed by atoms with Gasteiger partial charge in [-0.05, 0) is 66.1 Å². The Kier molecular flexibility index (Phi) is 9.36. The highest BCUT2D eigenvalue weighted by Gasteiger charge is 2.30. The van der Waals surface area contributed by atoms with Crippen molar-refractivity contribution in [1.82, 2.24) is 9.62 Å². The number of methoxy groups -OCH3 is 1. The van der Waals surface area contributed by atoms with Crippen LogP contribution >= 0.6 is 34.5 Å². The average molecular weight is 584 g/mol. The number of halogens is 2. The SMILES string of the molecule is COc1ccc(C(=O)NCC2CCN(S(=O)(=O)c3cccs3)CC2)cc1OCCc1ccc(Cl)cc1Cl. The van der Waals surface area contributed by atoms with Crippen molar-refractivity contribution in [3.8, 4) is 11.5 Å². The minimum Gasteiger partial charge on any atom is -0.493 e. The molecule has 198 valence electrons. The van der Waals surface area contributed by atoms with Crippen LogP contribution in [0, 0.1) is 5.92 Å². The van der Waals surface area contributed by atoms with Gasteiger partial charge in [0.05, 0.1) is 13.7 Å². The van der Waals surface area contributed by atoms with Crippen molar-refractivity contribution in [3.05, 3.63) is 75.1 Å². The van der Waals surface area contributed by atoms with Crippen molar-refractivity contribution in [2.45, 2.75) is 23.5 Å². The van der Waals surface area contributed by atoms with E-state index in [1.807, 2.05) is 6.07 Å². The van der Waals surface area contributed by atoms with Gasteiger partial charge in [0.1, 0.15) is 4.21 Å². The summed E-state index contributed by atoms with van der Waals surface area (Å²) in [4.78, 5) is 12.8. The Morgan fingerprint density at radius 3 is 2.57 bits per heavy atom. The Morgan fingerprint density at radius 1 is 1.11 bits per heavy atom. The van der Waals surface area contributed by atoms with E-state index in [1.54, 1.807) is 55.0 Å². The molecule has 0 unspecified atom stereocenters. The summed E-state index contributed by atoms with van der Waals surface area (Å²) in [6.07, 6.45) is 1.95. The van der Waals surface area contributed by atoms with Crippen LogP contribution in [0.3, 0.4) is 0 Å². The molecule has 2 aromatic carbocycles. The number of piperidine rings is 1. The zero-order chi connectivity index (χ0) is 26.4. The van der Waals surface area contributed by atoms with E-state index in [1.165, 1.54) is 15.6 Å². The van der Waals surface area contributed by atoms with Gasteiger partial charge in [-0.15, -0.1) is 11.3 Å². The Balaban J connectivity index is 1.29. The second-order valence-corrected chi connectivity index (χ2v) is 12.6. The van der Waals surface area contributed by atoms with Crippen LogP contribution in [0.4, 0.5) is 0 Å². The molecule has 0 atom stereocenters. The van der Waals surface area contributed by atoms with Gasteiger partial charge in [0.2, 0.25) is 0 Å².